The molecule has 16 heavy (non-hydrogen) atoms. The Balaban J connectivity index is 2.72. The van der Waals surface area contributed by atoms with E-state index in [2.05, 4.69) is 6.92 Å². The molecule has 0 saturated carbocycles. The lowest BCUT2D eigenvalue weighted by molar-refractivity contribution is 0.140. The number of hydrogen-bond donors (Lipinski definition) is 1. The van der Waals surface area contributed by atoms with Crippen LogP contribution in [0.15, 0.2) is 18.2 Å². The minimum atomic E-state index is -0.919. The van der Waals surface area contributed by atoms with Gasteiger partial charge in [0, 0.05) is 5.56 Å². The fraction of sp³-hybridized carbons (Fsp3) is 0.538. The van der Waals surface area contributed by atoms with Crippen molar-refractivity contribution in [1.29, 1.82) is 0 Å². The lowest BCUT2D eigenvalue weighted by Gasteiger charge is -2.16. The van der Waals surface area contributed by atoms with Crippen LogP contribution in [0.3, 0.4) is 0 Å². The molecule has 0 radical (unpaired) electrons. The Morgan fingerprint density at radius 3 is 2.62 bits per heavy atom. The fourth-order valence-corrected chi connectivity index (χ4v) is 1.89. The van der Waals surface area contributed by atoms with Gasteiger partial charge in [-0.3, -0.25) is 0 Å². The summed E-state index contributed by atoms with van der Waals surface area (Å²) in [4.78, 5) is 0. The van der Waals surface area contributed by atoms with Crippen LogP contribution < -0.4 is 0 Å². The summed E-state index contributed by atoms with van der Waals surface area (Å²) in [6.07, 6.45) is 1.55. The SMILES string of the molecule is CCCC(C)CC(O)c1cc(F)ccc1F. The van der Waals surface area contributed by atoms with Crippen LogP contribution in [-0.2, 0) is 0 Å². The third kappa shape index (κ3) is 3.56. The maximum absolute atomic E-state index is 13.3. The van der Waals surface area contributed by atoms with Gasteiger partial charge in [0.1, 0.15) is 11.6 Å². The predicted molar refractivity (Wildman–Crippen MR) is 60.0 cm³/mol. The van der Waals surface area contributed by atoms with Crippen LogP contribution >= 0.6 is 0 Å². The molecule has 1 nitrogen and oxygen atoms in total. The summed E-state index contributed by atoms with van der Waals surface area (Å²) >= 11 is 0. The molecule has 0 spiro atoms. The molecular formula is C13H18F2O. The molecule has 1 rings (SSSR count). The van der Waals surface area contributed by atoms with Crippen molar-refractivity contribution in [3.63, 3.8) is 0 Å². The van der Waals surface area contributed by atoms with Crippen molar-refractivity contribution in [3.05, 3.63) is 35.4 Å². The lowest BCUT2D eigenvalue weighted by atomic mass is 9.94. The van der Waals surface area contributed by atoms with E-state index in [4.69, 9.17) is 0 Å². The molecular weight excluding hydrogens is 210 g/mol. The number of aliphatic hydroxyl groups excluding tert-OH is 1. The first kappa shape index (κ1) is 13.1. The Kier molecular flexibility index (Phi) is 4.87. The molecule has 2 atom stereocenters. The largest absolute Gasteiger partial charge is 0.388 e. The molecule has 1 N–H and O–H groups in total. The third-order valence-corrected chi connectivity index (χ3v) is 2.72. The minimum absolute atomic E-state index is 0.0583. The monoisotopic (exact) mass is 228 g/mol. The molecule has 90 valence electrons. The number of benzene rings is 1. The van der Waals surface area contributed by atoms with Gasteiger partial charge < -0.3 is 5.11 Å². The zero-order valence-corrected chi connectivity index (χ0v) is 9.71. The average Bonchev–Trinajstić information content (AvgIpc) is 2.21. The van der Waals surface area contributed by atoms with Gasteiger partial charge in [-0.05, 0) is 30.5 Å². The van der Waals surface area contributed by atoms with Crippen LogP contribution in [0.1, 0.15) is 44.8 Å². The highest BCUT2D eigenvalue weighted by atomic mass is 19.1. The van der Waals surface area contributed by atoms with Gasteiger partial charge in [0.2, 0.25) is 0 Å². The van der Waals surface area contributed by atoms with E-state index in [9.17, 15) is 13.9 Å². The van der Waals surface area contributed by atoms with Crippen molar-refractivity contribution in [2.45, 2.75) is 39.2 Å². The van der Waals surface area contributed by atoms with Crippen LogP contribution in [-0.4, -0.2) is 5.11 Å². The van der Waals surface area contributed by atoms with E-state index >= 15 is 0 Å². The summed E-state index contributed by atoms with van der Waals surface area (Å²) in [5, 5.41) is 9.82. The second kappa shape index (κ2) is 5.94. The van der Waals surface area contributed by atoms with Crippen LogP contribution in [0, 0.1) is 17.6 Å². The van der Waals surface area contributed by atoms with Gasteiger partial charge in [-0.1, -0.05) is 26.7 Å². The maximum atomic E-state index is 13.3. The highest BCUT2D eigenvalue weighted by Gasteiger charge is 2.16. The quantitative estimate of drug-likeness (QED) is 0.812. The molecule has 1 aromatic carbocycles. The van der Waals surface area contributed by atoms with Crippen molar-refractivity contribution in [1.82, 2.24) is 0 Å². The summed E-state index contributed by atoms with van der Waals surface area (Å²) in [6, 6.07) is 3.18. The topological polar surface area (TPSA) is 20.2 Å². The number of hydrogen-bond acceptors (Lipinski definition) is 1. The number of rotatable bonds is 5. The highest BCUT2D eigenvalue weighted by molar-refractivity contribution is 5.21. The fourth-order valence-electron chi connectivity index (χ4n) is 1.89. The molecule has 0 bridgehead atoms. The summed E-state index contributed by atoms with van der Waals surface area (Å²) in [5.74, 6) is -0.751. The van der Waals surface area contributed by atoms with Crippen LogP contribution in [0.5, 0.6) is 0 Å². The molecule has 3 heteroatoms. The van der Waals surface area contributed by atoms with E-state index in [0.717, 1.165) is 31.0 Å². The molecule has 0 heterocycles. The van der Waals surface area contributed by atoms with E-state index in [0.29, 0.717) is 12.3 Å². The first-order valence-corrected chi connectivity index (χ1v) is 5.67. The first-order valence-electron chi connectivity index (χ1n) is 5.67. The van der Waals surface area contributed by atoms with Crippen LogP contribution in [0.4, 0.5) is 8.78 Å². The van der Waals surface area contributed by atoms with Crippen LogP contribution in [0.25, 0.3) is 0 Å². The maximum Gasteiger partial charge on any atom is 0.129 e. The number of aliphatic hydroxyl groups is 1. The number of halogens is 2. The molecule has 0 aliphatic heterocycles. The lowest BCUT2D eigenvalue weighted by Crippen LogP contribution is -2.06. The van der Waals surface area contributed by atoms with Gasteiger partial charge in [0.15, 0.2) is 0 Å². The standard InChI is InChI=1S/C13H18F2O/c1-3-4-9(2)7-13(16)11-8-10(14)5-6-12(11)15/h5-6,8-9,13,16H,3-4,7H2,1-2H3. The van der Waals surface area contributed by atoms with Gasteiger partial charge in [-0.2, -0.15) is 0 Å². The van der Waals surface area contributed by atoms with Gasteiger partial charge in [0.05, 0.1) is 6.10 Å². The van der Waals surface area contributed by atoms with Crippen molar-refractivity contribution < 1.29 is 13.9 Å². The predicted octanol–water partition coefficient (Wildman–Crippen LogP) is 3.82. The molecule has 0 aliphatic rings. The van der Waals surface area contributed by atoms with Crippen molar-refractivity contribution in [2.24, 2.45) is 5.92 Å². The molecule has 0 aromatic heterocycles. The van der Waals surface area contributed by atoms with Gasteiger partial charge >= 0.3 is 0 Å². The molecule has 2 unspecified atom stereocenters. The third-order valence-electron chi connectivity index (χ3n) is 2.72. The Hall–Kier alpha value is -0.960. The van der Waals surface area contributed by atoms with E-state index in [1.54, 1.807) is 0 Å². The molecule has 0 saturated heterocycles. The van der Waals surface area contributed by atoms with Crippen LogP contribution in [0.2, 0.25) is 0 Å². The Morgan fingerprint density at radius 2 is 2.00 bits per heavy atom. The molecule has 0 fully saturated rings. The second-order valence-electron chi connectivity index (χ2n) is 4.31. The van der Waals surface area contributed by atoms with E-state index in [-0.39, 0.29) is 5.56 Å². The van der Waals surface area contributed by atoms with Gasteiger partial charge in [-0.25, -0.2) is 8.78 Å². The van der Waals surface area contributed by atoms with Crippen molar-refractivity contribution in [3.8, 4) is 0 Å². The first-order chi connectivity index (χ1) is 7.54. The smallest absolute Gasteiger partial charge is 0.129 e. The normalized spacial score (nSPS) is 14.8. The minimum Gasteiger partial charge on any atom is -0.388 e. The zero-order chi connectivity index (χ0) is 12.1. The Bertz CT molecular complexity index is 339. The Morgan fingerprint density at radius 1 is 1.31 bits per heavy atom. The molecule has 1 aromatic rings. The summed E-state index contributed by atoms with van der Waals surface area (Å²) in [6.45, 7) is 4.07. The highest BCUT2D eigenvalue weighted by Crippen LogP contribution is 2.26. The second-order valence-corrected chi connectivity index (χ2v) is 4.31. The van der Waals surface area contributed by atoms with E-state index in [1.807, 2.05) is 6.92 Å². The van der Waals surface area contributed by atoms with Gasteiger partial charge in [-0.15, -0.1) is 0 Å². The van der Waals surface area contributed by atoms with Gasteiger partial charge in [0.25, 0.3) is 0 Å². The molecule has 0 aliphatic carbocycles. The van der Waals surface area contributed by atoms with Crippen molar-refractivity contribution >= 4 is 0 Å². The molecule has 0 amide bonds. The average molecular weight is 228 g/mol. The zero-order valence-electron chi connectivity index (χ0n) is 9.71. The Labute approximate surface area is 95.1 Å². The van der Waals surface area contributed by atoms with Crippen molar-refractivity contribution in [2.75, 3.05) is 0 Å². The summed E-state index contributed by atoms with van der Waals surface area (Å²) in [5.41, 5.74) is 0.0583. The summed E-state index contributed by atoms with van der Waals surface area (Å²) < 4.78 is 26.2. The van der Waals surface area contributed by atoms with E-state index in [1.165, 1.54) is 0 Å². The summed E-state index contributed by atoms with van der Waals surface area (Å²) in [7, 11) is 0. The van der Waals surface area contributed by atoms with E-state index < -0.39 is 17.7 Å².